The highest BCUT2D eigenvalue weighted by atomic mass is 79.9. The third-order valence-corrected chi connectivity index (χ3v) is 18.5. The number of hydrogen-bond donors (Lipinski definition) is 2. The van der Waals surface area contributed by atoms with E-state index >= 15 is 8.78 Å². The minimum absolute atomic E-state index is 0.115. The lowest BCUT2D eigenvalue weighted by atomic mass is 9.76. The predicted octanol–water partition coefficient (Wildman–Crippen LogP) is 14.7. The molecule has 2 N–H and O–H groups in total. The van der Waals surface area contributed by atoms with Crippen molar-refractivity contribution in [3.63, 3.8) is 0 Å². The average molecular weight is 1270 g/mol. The van der Waals surface area contributed by atoms with Crippen molar-refractivity contribution in [3.05, 3.63) is 160 Å². The first-order valence-electron chi connectivity index (χ1n) is 28.7. The smallest absolute Gasteiger partial charge is 0.400 e. The molecule has 5 aliphatic heterocycles. The maximum atomic E-state index is 15.4. The summed E-state index contributed by atoms with van der Waals surface area (Å²) in [6, 6.07) is 19.2. The van der Waals surface area contributed by atoms with Crippen LogP contribution in [0, 0.1) is 37.1 Å². The van der Waals surface area contributed by atoms with Crippen LogP contribution in [0.2, 0.25) is 0 Å². The van der Waals surface area contributed by atoms with E-state index in [0.717, 1.165) is 96.9 Å². The first-order valence-corrected chi connectivity index (χ1v) is 31.8. The summed E-state index contributed by atoms with van der Waals surface area (Å²) in [5.41, 5.74) is 9.91. The quantitative estimate of drug-likeness (QED) is 0.0988. The van der Waals surface area contributed by atoms with Crippen molar-refractivity contribution in [2.24, 2.45) is 0 Å². The van der Waals surface area contributed by atoms with Crippen LogP contribution in [-0.2, 0) is 18.8 Å². The van der Waals surface area contributed by atoms with Crippen molar-refractivity contribution in [3.8, 4) is 22.8 Å². The number of pyridine rings is 6. The van der Waals surface area contributed by atoms with E-state index in [0.29, 0.717) is 76.3 Å². The lowest BCUT2D eigenvalue weighted by Gasteiger charge is -2.32. The summed E-state index contributed by atoms with van der Waals surface area (Å²) in [6.07, 6.45) is 13.5. The maximum absolute atomic E-state index is 15.4. The second kappa shape index (κ2) is 26.8. The van der Waals surface area contributed by atoms with Gasteiger partial charge >= 0.3 is 7.12 Å². The summed E-state index contributed by atoms with van der Waals surface area (Å²) in [6.45, 7) is 17.7. The molecule has 13 rings (SSSR count). The van der Waals surface area contributed by atoms with Crippen LogP contribution in [0.4, 0.5) is 51.9 Å². The van der Waals surface area contributed by atoms with Gasteiger partial charge in [-0.3, -0.25) is 9.97 Å². The van der Waals surface area contributed by atoms with Crippen LogP contribution in [0.25, 0.3) is 50.2 Å². The fourth-order valence-corrected chi connectivity index (χ4v) is 12.7. The largest absolute Gasteiger partial charge is 0.490 e. The molecule has 0 spiro atoms. The number of fused-ring (bicyclic) bond motifs is 2. The van der Waals surface area contributed by atoms with E-state index in [1.54, 1.807) is 24.7 Å². The van der Waals surface area contributed by atoms with Gasteiger partial charge in [0, 0.05) is 116 Å². The van der Waals surface area contributed by atoms with E-state index in [1.165, 1.54) is 28.9 Å². The SMILES string of the molecule is CC1(C)OB(C2=CCSCC2)OC1(C)C.Cc1c(-c2ccccn2)nc2cc(F)cc(F)c2c1Nc1cc(N2CCOCC2)ncc1Br.Cc1c(-c2ccccn2)nc2cc(F)cc(F)c2c1Nc1cc(N2CCOCC2)ncc1C1=CCSCC1. The van der Waals surface area contributed by atoms with Crippen LogP contribution < -0.4 is 20.4 Å². The second-order valence-corrected chi connectivity index (χ2v) is 25.4. The standard InChI is InChI=1S/C29H27F2N5OS.C24H20BrF2N5O.C11H19BO2S/c1-18-28(23-4-2-3-7-32-23)35-25-15-20(30)14-22(31)27(25)29(18)34-24-16-26(36-8-10-37-11-9-36)33-17-21(24)19-5-12-38-13-6-19;1-14-23(18-4-2-3-5-28-18)31-20-11-15(26)10-17(27)22(20)24(14)30-19-12-21(29-13-16(19)25)32-6-8-33-9-7-32;1-10(2)11(3,4)14-12(13-10)9-5-7-15-8-6-9/h2-5,7,14-17H,6,8-13H2,1H3,(H,33,34,35);2-5,10-13H,6-9H2,1H3,(H,29,30,31);5H,6-8H2,1-4H3. The number of benzene rings is 2. The van der Waals surface area contributed by atoms with Gasteiger partial charge in [-0.2, -0.15) is 23.5 Å². The summed E-state index contributed by atoms with van der Waals surface area (Å²) in [5, 5.41) is 7.37. The van der Waals surface area contributed by atoms with E-state index in [9.17, 15) is 8.78 Å². The minimum Gasteiger partial charge on any atom is -0.400 e. The lowest BCUT2D eigenvalue weighted by Crippen LogP contribution is -2.41. The number of morpholine rings is 2. The van der Waals surface area contributed by atoms with Gasteiger partial charge in [-0.05, 0) is 117 Å². The molecular weight excluding hydrogens is 1200 g/mol. The number of nitrogens with zero attached hydrogens (tertiary/aromatic N) is 8. The summed E-state index contributed by atoms with van der Waals surface area (Å²) in [7, 11) is -0.115. The van der Waals surface area contributed by atoms with Crippen molar-refractivity contribution in [1.29, 1.82) is 0 Å². The van der Waals surface area contributed by atoms with E-state index in [-0.39, 0.29) is 40.1 Å². The Hall–Kier alpha value is -6.66. The van der Waals surface area contributed by atoms with Crippen molar-refractivity contribution < 1.29 is 36.3 Å². The number of rotatable bonds is 10. The number of aromatic nitrogens is 6. The van der Waals surface area contributed by atoms with Gasteiger partial charge in [0.25, 0.3) is 0 Å². The van der Waals surface area contributed by atoms with Crippen LogP contribution in [0.15, 0.2) is 120 Å². The molecule has 5 aliphatic rings. The van der Waals surface area contributed by atoms with Crippen LogP contribution in [0.3, 0.4) is 0 Å². The Balaban J connectivity index is 0.000000146. The first kappa shape index (κ1) is 61.0. The number of thioether (sulfide) groups is 2. The van der Waals surface area contributed by atoms with Gasteiger partial charge in [0.2, 0.25) is 0 Å². The Morgan fingerprint density at radius 2 is 1.08 bits per heavy atom. The van der Waals surface area contributed by atoms with Gasteiger partial charge in [0.1, 0.15) is 34.9 Å². The summed E-state index contributed by atoms with van der Waals surface area (Å²) in [4.78, 5) is 31.7. The van der Waals surface area contributed by atoms with Crippen molar-refractivity contribution in [2.45, 2.75) is 65.6 Å². The van der Waals surface area contributed by atoms with Crippen LogP contribution in [-0.4, -0.2) is 124 Å². The first-order chi connectivity index (χ1) is 41.5. The van der Waals surface area contributed by atoms with Gasteiger partial charge < -0.3 is 39.2 Å². The molecule has 446 valence electrons. The Morgan fingerprint density at radius 1 is 0.593 bits per heavy atom. The van der Waals surface area contributed by atoms with Crippen LogP contribution >= 0.6 is 39.5 Å². The topological polar surface area (TPSA) is 145 Å². The van der Waals surface area contributed by atoms with E-state index in [2.05, 4.69) is 101 Å². The molecule has 0 saturated carbocycles. The minimum atomic E-state index is -0.686. The highest BCUT2D eigenvalue weighted by molar-refractivity contribution is 9.10. The van der Waals surface area contributed by atoms with Gasteiger partial charge in [0.05, 0.1) is 109 Å². The highest BCUT2D eigenvalue weighted by Crippen LogP contribution is 2.43. The molecule has 0 bridgehead atoms. The van der Waals surface area contributed by atoms with Gasteiger partial charge in [0.15, 0.2) is 0 Å². The molecule has 11 heterocycles. The lowest BCUT2D eigenvalue weighted by molar-refractivity contribution is 0.00578. The number of hydrogen-bond acceptors (Lipinski definition) is 16. The Kier molecular flexibility index (Phi) is 19.0. The number of ether oxygens (including phenoxy) is 2. The van der Waals surface area contributed by atoms with Crippen molar-refractivity contribution >= 4 is 108 Å². The molecule has 86 heavy (non-hydrogen) atoms. The monoisotopic (exact) mass is 1270 g/mol. The third-order valence-electron chi connectivity index (χ3n) is 16.1. The van der Waals surface area contributed by atoms with Gasteiger partial charge in [-0.25, -0.2) is 37.5 Å². The zero-order valence-corrected chi connectivity index (χ0v) is 52.0. The van der Waals surface area contributed by atoms with Crippen molar-refractivity contribution in [1.82, 2.24) is 29.9 Å². The van der Waals surface area contributed by atoms with Gasteiger partial charge in [-0.1, -0.05) is 24.3 Å². The molecule has 8 aromatic rings. The molecule has 2 aromatic carbocycles. The summed E-state index contributed by atoms with van der Waals surface area (Å²) < 4.78 is 82.4. The molecule has 0 radical (unpaired) electrons. The highest BCUT2D eigenvalue weighted by Gasteiger charge is 2.52. The van der Waals surface area contributed by atoms with E-state index in [4.69, 9.17) is 23.8 Å². The number of nitrogens with one attached hydrogen (secondary N) is 2. The van der Waals surface area contributed by atoms with E-state index < -0.39 is 23.3 Å². The molecule has 3 fully saturated rings. The molecule has 3 saturated heterocycles. The zero-order chi connectivity index (χ0) is 60.1. The third kappa shape index (κ3) is 13.6. The maximum Gasteiger partial charge on any atom is 0.490 e. The second-order valence-electron chi connectivity index (χ2n) is 22.2. The molecule has 0 unspecified atom stereocenters. The molecule has 0 aliphatic carbocycles. The Bertz CT molecular complexity index is 3830. The summed E-state index contributed by atoms with van der Waals surface area (Å²) in [5.74, 6) is 3.17. The van der Waals surface area contributed by atoms with Gasteiger partial charge in [-0.15, -0.1) is 0 Å². The average Bonchev–Trinajstić information content (AvgIpc) is 1.48. The normalized spacial score (nSPS) is 17.5. The Morgan fingerprint density at radius 3 is 1.56 bits per heavy atom. The predicted molar refractivity (Wildman–Crippen MR) is 344 cm³/mol. The molecule has 0 amide bonds. The Labute approximate surface area is 515 Å². The molecule has 6 aromatic heterocycles. The van der Waals surface area contributed by atoms with E-state index in [1.807, 2.05) is 86.0 Å². The number of anilines is 6. The number of halogens is 5. The fraction of sp³-hybridized carbons (Fsp3) is 0.344. The molecular formula is C64H66BBrF4N10O4S2. The molecule has 14 nitrogen and oxygen atoms in total. The fourth-order valence-electron chi connectivity index (χ4n) is 10.7. The zero-order valence-electron chi connectivity index (χ0n) is 48.8. The number of allylic oxidation sites excluding steroid dienone is 2. The molecule has 0 atom stereocenters. The van der Waals surface area contributed by atoms with Crippen molar-refractivity contribution in [2.75, 3.05) is 96.1 Å². The molecule has 22 heteroatoms. The summed E-state index contributed by atoms with van der Waals surface area (Å²) >= 11 is 7.41. The van der Waals surface area contributed by atoms with Crippen LogP contribution in [0.1, 0.15) is 57.2 Å². The van der Waals surface area contributed by atoms with Crippen LogP contribution in [0.5, 0.6) is 0 Å².